The molecular weight excluding hydrogens is 464 g/mol. The molecule has 0 saturated heterocycles. The van der Waals surface area contributed by atoms with Gasteiger partial charge in [0.2, 0.25) is 5.78 Å². The van der Waals surface area contributed by atoms with Gasteiger partial charge in [-0.25, -0.2) is 0 Å². The van der Waals surface area contributed by atoms with Gasteiger partial charge >= 0.3 is 5.97 Å². The van der Waals surface area contributed by atoms with Gasteiger partial charge in [0.1, 0.15) is 5.76 Å². The van der Waals surface area contributed by atoms with E-state index in [-0.39, 0.29) is 17.5 Å². The second-order valence-corrected chi connectivity index (χ2v) is 10.4. The van der Waals surface area contributed by atoms with Crippen molar-refractivity contribution in [3.8, 4) is 0 Å². The van der Waals surface area contributed by atoms with Crippen LogP contribution in [0.2, 0.25) is 0 Å². The number of esters is 1. The van der Waals surface area contributed by atoms with E-state index in [1.807, 2.05) is 83.1 Å². The molecule has 0 unspecified atom stereocenters. The number of carbonyl (C=O) groups is 2. The molecule has 0 radical (unpaired) electrons. The highest BCUT2D eigenvalue weighted by Gasteiger charge is 2.41. The van der Waals surface area contributed by atoms with Crippen LogP contribution in [0.15, 0.2) is 64.9 Å². The Morgan fingerprint density at radius 2 is 1.73 bits per heavy atom. The highest BCUT2D eigenvalue weighted by atomic mass is 16.5. The Kier molecular flexibility index (Phi) is 6.14. The zero-order valence-electron chi connectivity index (χ0n) is 22.0. The number of aryl methyl sites for hydroxylation is 1. The zero-order valence-corrected chi connectivity index (χ0v) is 22.0. The molecule has 190 valence electrons. The molecule has 0 amide bonds. The fraction of sp³-hybridized carbons (Fsp3) is 0.323. The number of benzene rings is 2. The number of fused-ring (bicyclic) bond motifs is 2. The van der Waals surface area contributed by atoms with Crippen molar-refractivity contribution in [3.63, 3.8) is 0 Å². The van der Waals surface area contributed by atoms with Crippen LogP contribution in [0.25, 0.3) is 22.0 Å². The summed E-state index contributed by atoms with van der Waals surface area (Å²) in [6.45, 7) is 10.5. The van der Waals surface area contributed by atoms with E-state index in [2.05, 4.69) is 9.56 Å². The average Bonchev–Trinajstić information content (AvgIpc) is 3.35. The van der Waals surface area contributed by atoms with Gasteiger partial charge in [0.05, 0.1) is 28.9 Å². The number of aliphatic imine (C=N–C) groups is 1. The van der Waals surface area contributed by atoms with E-state index in [1.54, 1.807) is 0 Å². The highest BCUT2D eigenvalue weighted by molar-refractivity contribution is 6.47. The van der Waals surface area contributed by atoms with Crippen molar-refractivity contribution in [3.05, 3.63) is 76.7 Å². The molecule has 0 fully saturated rings. The molecule has 2 aliphatic rings. The standard InChI is InChI=1S/C31H32N2O4/c1-6-31(4,5)30(36)37-17-11-16-33-19(3)25(21-13-8-10-15-23(21)33)27-28(34)26(29(27)35)24-18(2)32-22-14-9-7-12-20(22)24/h7-10,12-15,34H,6,11,16-17H2,1-5H3/b26-24-. The number of nitrogens with zero attached hydrogens (tertiary/aromatic N) is 2. The number of rotatable bonds is 7. The van der Waals surface area contributed by atoms with Gasteiger partial charge in [0, 0.05) is 45.6 Å². The molecule has 6 heteroatoms. The van der Waals surface area contributed by atoms with E-state index >= 15 is 0 Å². The normalized spacial score (nSPS) is 17.2. The third-order valence-corrected chi connectivity index (χ3v) is 7.68. The first-order chi connectivity index (χ1) is 17.7. The van der Waals surface area contributed by atoms with Gasteiger partial charge in [-0.15, -0.1) is 0 Å². The lowest BCUT2D eigenvalue weighted by Crippen LogP contribution is -2.26. The van der Waals surface area contributed by atoms with E-state index < -0.39 is 5.41 Å². The lowest BCUT2D eigenvalue weighted by atomic mass is 9.78. The van der Waals surface area contributed by atoms with E-state index in [9.17, 15) is 14.7 Å². The van der Waals surface area contributed by atoms with Crippen molar-refractivity contribution in [2.75, 3.05) is 6.61 Å². The molecule has 0 saturated carbocycles. The third kappa shape index (κ3) is 3.91. The number of carbonyl (C=O) groups excluding carboxylic acids is 2. The van der Waals surface area contributed by atoms with Crippen molar-refractivity contribution in [2.45, 2.75) is 54.0 Å². The summed E-state index contributed by atoms with van der Waals surface area (Å²) >= 11 is 0. The summed E-state index contributed by atoms with van der Waals surface area (Å²) in [5.74, 6) is -0.332. The largest absolute Gasteiger partial charge is 0.506 e. The average molecular weight is 497 g/mol. The Morgan fingerprint density at radius 3 is 2.46 bits per heavy atom. The summed E-state index contributed by atoms with van der Waals surface area (Å²) in [4.78, 5) is 30.5. The number of hydrogen-bond acceptors (Lipinski definition) is 5. The van der Waals surface area contributed by atoms with Crippen LogP contribution in [-0.2, 0) is 20.9 Å². The van der Waals surface area contributed by atoms with Gasteiger partial charge in [-0.1, -0.05) is 43.3 Å². The van der Waals surface area contributed by atoms with Crippen LogP contribution in [0.3, 0.4) is 0 Å². The molecule has 5 rings (SSSR count). The maximum absolute atomic E-state index is 13.6. The zero-order chi connectivity index (χ0) is 26.5. The van der Waals surface area contributed by atoms with Crippen LogP contribution in [0.4, 0.5) is 5.69 Å². The summed E-state index contributed by atoms with van der Waals surface area (Å²) in [7, 11) is 0. The van der Waals surface area contributed by atoms with Gasteiger partial charge in [-0.05, 0) is 52.7 Å². The van der Waals surface area contributed by atoms with Crippen LogP contribution in [0, 0.1) is 12.3 Å². The number of ether oxygens (including phenoxy) is 1. The van der Waals surface area contributed by atoms with Crippen LogP contribution in [0.1, 0.15) is 57.4 Å². The monoisotopic (exact) mass is 496 g/mol. The van der Waals surface area contributed by atoms with Crippen LogP contribution in [-0.4, -0.2) is 33.7 Å². The number of Topliss-reactive ketones (excluding diaryl/α,β-unsaturated/α-hetero) is 1. The SMILES string of the molecule is CCC(C)(C)C(=O)OCCCn1c(C)c(C2=C(O)/C(=C3\C(C)=Nc4ccccc43)C2=O)c2ccccc21. The Bertz CT molecular complexity index is 1550. The van der Waals surface area contributed by atoms with Crippen molar-refractivity contribution < 1.29 is 19.4 Å². The summed E-state index contributed by atoms with van der Waals surface area (Å²) < 4.78 is 7.67. The Labute approximate surface area is 217 Å². The van der Waals surface area contributed by atoms with Crippen LogP contribution < -0.4 is 0 Å². The summed E-state index contributed by atoms with van der Waals surface area (Å²) in [6, 6.07) is 15.6. The molecule has 2 heterocycles. The second kappa shape index (κ2) is 9.18. The summed E-state index contributed by atoms with van der Waals surface area (Å²) in [5.41, 5.74) is 5.95. The van der Waals surface area contributed by atoms with E-state index in [0.29, 0.717) is 36.3 Å². The van der Waals surface area contributed by atoms with Gasteiger partial charge in [0.25, 0.3) is 0 Å². The number of aromatic nitrogens is 1. The van der Waals surface area contributed by atoms with Crippen molar-refractivity contribution in [2.24, 2.45) is 10.4 Å². The molecule has 1 N–H and O–H groups in total. The van der Waals surface area contributed by atoms with Crippen LogP contribution >= 0.6 is 0 Å². The molecule has 3 aromatic rings. The topological polar surface area (TPSA) is 80.9 Å². The number of aliphatic hydroxyl groups excluding tert-OH is 1. The molecule has 1 aromatic heterocycles. The number of hydrogen-bond donors (Lipinski definition) is 1. The van der Waals surface area contributed by atoms with Gasteiger partial charge in [0.15, 0.2) is 0 Å². The number of allylic oxidation sites excluding steroid dienone is 3. The highest BCUT2D eigenvalue weighted by Crippen LogP contribution is 2.47. The first kappa shape index (κ1) is 24.8. The molecule has 0 bridgehead atoms. The molecule has 1 aliphatic carbocycles. The molecular formula is C31H32N2O4. The quantitative estimate of drug-likeness (QED) is 0.223. The minimum atomic E-state index is -0.493. The van der Waals surface area contributed by atoms with Gasteiger partial charge in [-0.2, -0.15) is 0 Å². The van der Waals surface area contributed by atoms with E-state index in [0.717, 1.165) is 45.5 Å². The van der Waals surface area contributed by atoms with E-state index in [4.69, 9.17) is 4.74 Å². The molecule has 6 nitrogen and oxygen atoms in total. The maximum Gasteiger partial charge on any atom is 0.311 e. The number of aliphatic hydroxyl groups is 1. The van der Waals surface area contributed by atoms with Crippen LogP contribution in [0.5, 0.6) is 0 Å². The van der Waals surface area contributed by atoms with Gasteiger partial charge in [-0.3, -0.25) is 14.6 Å². The Hall–Kier alpha value is -3.93. The summed E-state index contributed by atoms with van der Waals surface area (Å²) in [6.07, 6.45) is 1.36. The van der Waals surface area contributed by atoms with Crippen molar-refractivity contribution in [1.29, 1.82) is 0 Å². The summed E-state index contributed by atoms with van der Waals surface area (Å²) in [5, 5.41) is 12.2. The molecule has 1 aliphatic heterocycles. The third-order valence-electron chi connectivity index (χ3n) is 7.68. The fourth-order valence-corrected chi connectivity index (χ4v) is 5.16. The number of para-hydroxylation sites is 2. The predicted molar refractivity (Wildman–Crippen MR) is 147 cm³/mol. The van der Waals surface area contributed by atoms with Gasteiger partial charge < -0.3 is 14.4 Å². The fourth-order valence-electron chi connectivity index (χ4n) is 5.16. The molecule has 2 aromatic carbocycles. The second-order valence-electron chi connectivity index (χ2n) is 10.4. The lowest BCUT2D eigenvalue weighted by molar-refractivity contribution is -0.154. The smallest absolute Gasteiger partial charge is 0.311 e. The van der Waals surface area contributed by atoms with Crippen molar-refractivity contribution >= 4 is 45.2 Å². The lowest BCUT2D eigenvalue weighted by Gasteiger charge is -2.24. The minimum absolute atomic E-state index is 0.0213. The van der Waals surface area contributed by atoms with Crippen molar-refractivity contribution in [1.82, 2.24) is 4.57 Å². The molecule has 37 heavy (non-hydrogen) atoms. The Morgan fingerprint density at radius 1 is 1.03 bits per heavy atom. The molecule has 0 atom stereocenters. The first-order valence-electron chi connectivity index (χ1n) is 12.8. The maximum atomic E-state index is 13.6. The first-order valence-corrected chi connectivity index (χ1v) is 12.8. The van der Waals surface area contributed by atoms with E-state index in [1.165, 1.54) is 0 Å². The predicted octanol–water partition coefficient (Wildman–Crippen LogP) is 6.73. The Balaban J connectivity index is 1.49. The molecule has 0 spiro atoms. The minimum Gasteiger partial charge on any atom is -0.506 e. The number of ketones is 1.